The van der Waals surface area contributed by atoms with Crippen molar-refractivity contribution in [2.24, 2.45) is 0 Å². The van der Waals surface area contributed by atoms with E-state index in [0.717, 1.165) is 0 Å². The van der Waals surface area contributed by atoms with Gasteiger partial charge >= 0.3 is 5.97 Å². The number of aromatic nitrogens is 2. The molecule has 0 saturated carbocycles. The lowest BCUT2D eigenvalue weighted by molar-refractivity contribution is -0.145. The van der Waals surface area contributed by atoms with E-state index in [0.29, 0.717) is 27.0 Å². The van der Waals surface area contributed by atoms with Crippen molar-refractivity contribution in [3.63, 3.8) is 0 Å². The van der Waals surface area contributed by atoms with Crippen LogP contribution in [-0.4, -0.2) is 21.9 Å². The number of esters is 1. The van der Waals surface area contributed by atoms with Gasteiger partial charge in [-0.1, -0.05) is 40.5 Å². The highest BCUT2D eigenvalue weighted by Gasteiger charge is 2.13. The van der Waals surface area contributed by atoms with Gasteiger partial charge in [-0.25, -0.2) is 0 Å². The molecule has 3 aromatic rings. The number of ketones is 1. The van der Waals surface area contributed by atoms with Gasteiger partial charge in [0.15, 0.2) is 12.4 Å². The summed E-state index contributed by atoms with van der Waals surface area (Å²) >= 11 is 11.7. The predicted octanol–water partition coefficient (Wildman–Crippen LogP) is 4.75. The molecule has 27 heavy (non-hydrogen) atoms. The monoisotopic (exact) mass is 404 g/mol. The number of nitrogens with zero attached hydrogens (tertiary/aromatic N) is 2. The molecule has 0 aliphatic rings. The minimum atomic E-state index is -0.528. The fraction of sp³-hybridized carbons (Fsp3) is 0.158. The van der Waals surface area contributed by atoms with Gasteiger partial charge in [-0.15, -0.1) is 0 Å². The first-order valence-electron chi connectivity index (χ1n) is 8.04. The average Bonchev–Trinajstić information content (AvgIpc) is 3.14. The highest BCUT2D eigenvalue weighted by Crippen LogP contribution is 2.20. The molecular weight excluding hydrogens is 391 g/mol. The molecule has 0 saturated heterocycles. The highest BCUT2D eigenvalue weighted by molar-refractivity contribution is 6.31. The molecule has 0 atom stereocenters. The molecular formula is C19H14Cl2N2O4. The smallest absolute Gasteiger partial charge is 0.306 e. The molecule has 138 valence electrons. The summed E-state index contributed by atoms with van der Waals surface area (Å²) < 4.78 is 10.1. The lowest BCUT2D eigenvalue weighted by Gasteiger charge is -2.02. The van der Waals surface area contributed by atoms with Gasteiger partial charge in [-0.3, -0.25) is 9.59 Å². The lowest BCUT2D eigenvalue weighted by Crippen LogP contribution is -2.08. The summed E-state index contributed by atoms with van der Waals surface area (Å²) in [7, 11) is 0. The van der Waals surface area contributed by atoms with Gasteiger partial charge in [0.05, 0.1) is 6.42 Å². The van der Waals surface area contributed by atoms with Crippen LogP contribution in [0.3, 0.4) is 0 Å². The van der Waals surface area contributed by atoms with Crippen molar-refractivity contribution < 1.29 is 18.8 Å². The van der Waals surface area contributed by atoms with Crippen molar-refractivity contribution in [2.75, 3.05) is 0 Å². The van der Waals surface area contributed by atoms with E-state index in [-0.39, 0.29) is 31.1 Å². The van der Waals surface area contributed by atoms with Crippen LogP contribution in [0.4, 0.5) is 0 Å². The van der Waals surface area contributed by atoms with E-state index in [1.807, 2.05) is 0 Å². The van der Waals surface area contributed by atoms with Gasteiger partial charge < -0.3 is 9.26 Å². The minimum Gasteiger partial charge on any atom is -0.456 e. The van der Waals surface area contributed by atoms with Crippen molar-refractivity contribution in [3.05, 3.63) is 70.0 Å². The van der Waals surface area contributed by atoms with Crippen molar-refractivity contribution in [3.8, 4) is 11.4 Å². The molecule has 1 heterocycles. The number of ether oxygens (including phenoxy) is 1. The van der Waals surface area contributed by atoms with E-state index in [1.165, 1.54) is 0 Å². The molecule has 0 N–H and O–H groups in total. The third kappa shape index (κ3) is 5.39. The summed E-state index contributed by atoms with van der Waals surface area (Å²) in [6, 6.07) is 13.5. The van der Waals surface area contributed by atoms with Crippen LogP contribution in [0.5, 0.6) is 0 Å². The molecule has 2 aromatic carbocycles. The molecule has 0 aliphatic carbocycles. The zero-order chi connectivity index (χ0) is 19.2. The van der Waals surface area contributed by atoms with Crippen LogP contribution in [-0.2, 0) is 16.1 Å². The summed E-state index contributed by atoms with van der Waals surface area (Å²) in [5.41, 5.74) is 1.19. The van der Waals surface area contributed by atoms with Crippen LogP contribution < -0.4 is 0 Å². The van der Waals surface area contributed by atoms with Crippen molar-refractivity contribution in [2.45, 2.75) is 19.4 Å². The third-order valence-corrected chi connectivity index (χ3v) is 4.12. The van der Waals surface area contributed by atoms with Crippen LogP contribution in [0.25, 0.3) is 11.4 Å². The highest BCUT2D eigenvalue weighted by atomic mass is 35.5. The van der Waals surface area contributed by atoms with Gasteiger partial charge in [-0.05, 0) is 36.4 Å². The number of carbonyl (C=O) groups excluding carboxylic acids is 2. The Bertz CT molecular complexity index is 954. The number of halogens is 2. The standard InChI is InChI=1S/C19H14Cl2N2O4/c20-14-6-4-12(5-7-14)16(24)8-9-18(25)26-11-17-22-19(23-27-17)13-2-1-3-15(21)10-13/h1-7,10H,8-9,11H2. The lowest BCUT2D eigenvalue weighted by atomic mass is 10.1. The summed E-state index contributed by atoms with van der Waals surface area (Å²) in [5, 5.41) is 4.92. The number of hydrogen-bond donors (Lipinski definition) is 0. The molecule has 1 aromatic heterocycles. The second-order valence-electron chi connectivity index (χ2n) is 5.61. The molecule has 0 aliphatic heterocycles. The quantitative estimate of drug-likeness (QED) is 0.417. The van der Waals surface area contributed by atoms with E-state index in [2.05, 4.69) is 10.1 Å². The van der Waals surface area contributed by atoms with Crippen LogP contribution in [0.15, 0.2) is 53.1 Å². The van der Waals surface area contributed by atoms with Crippen molar-refractivity contribution >= 4 is 35.0 Å². The SMILES string of the molecule is O=C(CCC(=O)c1ccc(Cl)cc1)OCc1nc(-c2cccc(Cl)c2)no1. The van der Waals surface area contributed by atoms with Gasteiger partial charge in [-0.2, -0.15) is 4.98 Å². The van der Waals surface area contributed by atoms with E-state index < -0.39 is 5.97 Å². The summed E-state index contributed by atoms with van der Waals surface area (Å²) in [4.78, 5) is 28.0. The maximum Gasteiger partial charge on any atom is 0.306 e. The number of benzene rings is 2. The second kappa shape index (κ2) is 8.79. The predicted molar refractivity (Wildman–Crippen MR) is 99.6 cm³/mol. The number of hydrogen-bond acceptors (Lipinski definition) is 6. The third-order valence-electron chi connectivity index (χ3n) is 3.63. The summed E-state index contributed by atoms with van der Waals surface area (Å²) in [6.45, 7) is -0.165. The van der Waals surface area contributed by atoms with E-state index in [9.17, 15) is 9.59 Å². The Morgan fingerprint density at radius 3 is 2.52 bits per heavy atom. The Morgan fingerprint density at radius 1 is 1.00 bits per heavy atom. The fourth-order valence-electron chi connectivity index (χ4n) is 2.27. The van der Waals surface area contributed by atoms with Crippen LogP contribution >= 0.6 is 23.2 Å². The first kappa shape index (κ1) is 19.1. The first-order chi connectivity index (χ1) is 13.0. The number of Topliss-reactive ketones (excluding diaryl/α,β-unsaturated/α-hetero) is 1. The summed E-state index contributed by atoms with van der Waals surface area (Å²) in [6.07, 6.45) is -0.00515. The molecule has 0 fully saturated rings. The molecule has 6 nitrogen and oxygen atoms in total. The topological polar surface area (TPSA) is 82.3 Å². The average molecular weight is 405 g/mol. The first-order valence-corrected chi connectivity index (χ1v) is 8.80. The van der Waals surface area contributed by atoms with E-state index in [1.54, 1.807) is 48.5 Å². The second-order valence-corrected chi connectivity index (χ2v) is 6.49. The Morgan fingerprint density at radius 2 is 1.78 bits per heavy atom. The molecule has 0 amide bonds. The van der Waals surface area contributed by atoms with Gasteiger partial charge in [0.1, 0.15) is 0 Å². The van der Waals surface area contributed by atoms with Crippen molar-refractivity contribution in [1.82, 2.24) is 10.1 Å². The Hall–Kier alpha value is -2.70. The zero-order valence-corrected chi connectivity index (χ0v) is 15.5. The normalized spacial score (nSPS) is 10.6. The Balaban J connectivity index is 1.48. The fourth-order valence-corrected chi connectivity index (χ4v) is 2.58. The van der Waals surface area contributed by atoms with E-state index >= 15 is 0 Å². The molecule has 8 heteroatoms. The Labute approximate surface area is 165 Å². The molecule has 3 rings (SSSR count). The van der Waals surface area contributed by atoms with Crippen molar-refractivity contribution in [1.29, 1.82) is 0 Å². The van der Waals surface area contributed by atoms with Crippen LogP contribution in [0.1, 0.15) is 29.1 Å². The largest absolute Gasteiger partial charge is 0.456 e. The van der Waals surface area contributed by atoms with Crippen LogP contribution in [0.2, 0.25) is 10.0 Å². The van der Waals surface area contributed by atoms with Gasteiger partial charge in [0.2, 0.25) is 5.82 Å². The summed E-state index contributed by atoms with van der Waals surface area (Å²) in [5.74, 6) is -0.187. The Kier molecular flexibility index (Phi) is 6.21. The number of rotatable bonds is 7. The minimum absolute atomic E-state index is 0.0397. The maximum absolute atomic E-state index is 12.0. The molecule has 0 radical (unpaired) electrons. The number of carbonyl (C=O) groups is 2. The molecule has 0 unspecified atom stereocenters. The maximum atomic E-state index is 12.0. The van der Waals surface area contributed by atoms with Crippen LogP contribution in [0, 0.1) is 0 Å². The van der Waals surface area contributed by atoms with Gasteiger partial charge in [0, 0.05) is 27.6 Å². The molecule has 0 bridgehead atoms. The molecule has 0 spiro atoms. The van der Waals surface area contributed by atoms with E-state index in [4.69, 9.17) is 32.5 Å². The zero-order valence-electron chi connectivity index (χ0n) is 14.0. The van der Waals surface area contributed by atoms with Gasteiger partial charge in [0.25, 0.3) is 5.89 Å².